The molecule has 25 heavy (non-hydrogen) atoms. The van der Waals surface area contributed by atoms with Crippen molar-refractivity contribution in [3.05, 3.63) is 0 Å². The molecule has 1 aliphatic carbocycles. The summed E-state index contributed by atoms with van der Waals surface area (Å²) in [6, 6.07) is -0.535. The molecule has 3 atom stereocenters. The summed E-state index contributed by atoms with van der Waals surface area (Å²) in [5.41, 5.74) is 10.8. The highest BCUT2D eigenvalue weighted by atomic mass is 16.4. The fraction of sp³-hybridized carbons (Fsp3) is 0.750. The quantitative estimate of drug-likeness (QED) is 0.293. The number of nitrogens with one attached hydrogen (secondary N) is 2. The Labute approximate surface area is 147 Å². The Kier molecular flexibility index (Phi) is 8.17. The Hall–Kier alpha value is -2.32. The summed E-state index contributed by atoms with van der Waals surface area (Å²) in [4.78, 5) is 39.1. The van der Waals surface area contributed by atoms with Crippen LogP contribution in [0.1, 0.15) is 46.0 Å². The molecule has 0 spiro atoms. The zero-order valence-electron chi connectivity index (χ0n) is 14.8. The van der Waals surface area contributed by atoms with Crippen LogP contribution >= 0.6 is 0 Å². The monoisotopic (exact) mass is 355 g/mol. The number of hydrogen-bond acceptors (Lipinski definition) is 4. The van der Waals surface area contributed by atoms with Crippen LogP contribution in [0.25, 0.3) is 0 Å². The third kappa shape index (κ3) is 7.86. The van der Waals surface area contributed by atoms with E-state index in [2.05, 4.69) is 15.6 Å². The third-order valence-electron chi connectivity index (χ3n) is 4.32. The fourth-order valence-electron chi connectivity index (χ4n) is 2.94. The van der Waals surface area contributed by atoms with E-state index in [1.165, 1.54) is 0 Å². The van der Waals surface area contributed by atoms with Crippen molar-refractivity contribution in [2.45, 2.75) is 58.0 Å². The van der Waals surface area contributed by atoms with Gasteiger partial charge in [0.15, 0.2) is 5.96 Å². The number of nitrogens with two attached hydrogens (primary N) is 2. The smallest absolute Gasteiger partial charge is 0.305 e. The molecular formula is C16H29N5O4. The first-order valence-corrected chi connectivity index (χ1v) is 8.56. The zero-order chi connectivity index (χ0) is 19.0. The van der Waals surface area contributed by atoms with Gasteiger partial charge in [0.2, 0.25) is 11.8 Å². The Morgan fingerprint density at radius 1 is 1.24 bits per heavy atom. The third-order valence-corrected chi connectivity index (χ3v) is 4.32. The van der Waals surface area contributed by atoms with Crippen LogP contribution in [0, 0.1) is 11.8 Å². The van der Waals surface area contributed by atoms with E-state index >= 15 is 0 Å². The SMILES string of the molecule is CC(C)C(CC(=O)O)NC(=O)CNC(=O)C1CCCC(N=C(N)N)C1. The lowest BCUT2D eigenvalue weighted by molar-refractivity contribution is -0.138. The summed E-state index contributed by atoms with van der Waals surface area (Å²) in [6.07, 6.45) is 2.82. The highest BCUT2D eigenvalue weighted by Crippen LogP contribution is 2.26. The Bertz CT molecular complexity index is 517. The first-order valence-electron chi connectivity index (χ1n) is 8.56. The Morgan fingerprint density at radius 3 is 2.48 bits per heavy atom. The van der Waals surface area contributed by atoms with Crippen molar-refractivity contribution >= 4 is 23.7 Å². The van der Waals surface area contributed by atoms with Gasteiger partial charge >= 0.3 is 5.97 Å². The van der Waals surface area contributed by atoms with Crippen molar-refractivity contribution in [3.8, 4) is 0 Å². The molecule has 0 aromatic rings. The maximum Gasteiger partial charge on any atom is 0.305 e. The standard InChI is InChI=1S/C16H29N5O4/c1-9(2)12(7-14(23)24)21-13(22)8-19-15(25)10-4-3-5-11(6-10)20-16(17)18/h9-12H,3-8H2,1-2H3,(H,19,25)(H,21,22)(H,23,24)(H4,17,18,20). The van der Waals surface area contributed by atoms with Crippen molar-refractivity contribution < 1.29 is 19.5 Å². The summed E-state index contributed by atoms with van der Waals surface area (Å²) < 4.78 is 0. The molecule has 0 bridgehead atoms. The van der Waals surface area contributed by atoms with Gasteiger partial charge < -0.3 is 27.2 Å². The van der Waals surface area contributed by atoms with E-state index in [0.717, 1.165) is 19.3 Å². The Balaban J connectivity index is 2.45. The summed E-state index contributed by atoms with van der Waals surface area (Å²) in [6.45, 7) is 3.49. The summed E-state index contributed by atoms with van der Waals surface area (Å²) in [7, 11) is 0. The van der Waals surface area contributed by atoms with Gasteiger partial charge in [0.1, 0.15) is 0 Å². The minimum Gasteiger partial charge on any atom is -0.481 e. The maximum atomic E-state index is 12.2. The van der Waals surface area contributed by atoms with Crippen LogP contribution in [-0.4, -0.2) is 47.5 Å². The van der Waals surface area contributed by atoms with Gasteiger partial charge in [0.25, 0.3) is 0 Å². The lowest BCUT2D eigenvalue weighted by Crippen LogP contribution is -2.46. The summed E-state index contributed by atoms with van der Waals surface area (Å²) in [5, 5.41) is 14.1. The van der Waals surface area contributed by atoms with Crippen LogP contribution in [0.3, 0.4) is 0 Å². The van der Waals surface area contributed by atoms with Crippen LogP contribution in [0.5, 0.6) is 0 Å². The molecule has 0 aromatic carbocycles. The van der Waals surface area contributed by atoms with Gasteiger partial charge in [-0.3, -0.25) is 19.4 Å². The molecule has 0 radical (unpaired) electrons. The minimum absolute atomic E-state index is 0.0172. The second kappa shape index (κ2) is 9.85. The predicted molar refractivity (Wildman–Crippen MR) is 93.6 cm³/mol. The molecule has 7 N–H and O–H groups in total. The van der Waals surface area contributed by atoms with Gasteiger partial charge in [0, 0.05) is 12.0 Å². The highest BCUT2D eigenvalue weighted by Gasteiger charge is 2.27. The fourth-order valence-corrected chi connectivity index (χ4v) is 2.94. The van der Waals surface area contributed by atoms with Crippen molar-refractivity contribution in [2.24, 2.45) is 28.3 Å². The molecule has 0 aliphatic heterocycles. The zero-order valence-corrected chi connectivity index (χ0v) is 14.8. The lowest BCUT2D eigenvalue weighted by atomic mass is 9.85. The van der Waals surface area contributed by atoms with E-state index in [1.807, 2.05) is 13.8 Å². The van der Waals surface area contributed by atoms with Gasteiger partial charge in [-0.2, -0.15) is 0 Å². The number of nitrogens with zero attached hydrogens (tertiary/aromatic N) is 1. The van der Waals surface area contributed by atoms with E-state index in [9.17, 15) is 14.4 Å². The molecule has 1 rings (SSSR count). The molecule has 1 fully saturated rings. The van der Waals surface area contributed by atoms with Gasteiger partial charge in [-0.15, -0.1) is 0 Å². The average Bonchev–Trinajstić information content (AvgIpc) is 2.51. The molecule has 0 aromatic heterocycles. The number of aliphatic carboxylic acids is 1. The van der Waals surface area contributed by atoms with Crippen molar-refractivity contribution in [2.75, 3.05) is 6.54 Å². The second-order valence-electron chi connectivity index (χ2n) is 6.81. The first kappa shape index (κ1) is 20.7. The van der Waals surface area contributed by atoms with E-state index < -0.39 is 17.9 Å². The van der Waals surface area contributed by atoms with Gasteiger partial charge in [-0.1, -0.05) is 20.3 Å². The predicted octanol–water partition coefficient (Wildman–Crippen LogP) is -0.450. The van der Waals surface area contributed by atoms with E-state index in [-0.39, 0.29) is 42.7 Å². The van der Waals surface area contributed by atoms with Gasteiger partial charge in [-0.25, -0.2) is 0 Å². The van der Waals surface area contributed by atoms with E-state index in [4.69, 9.17) is 16.6 Å². The molecule has 0 saturated heterocycles. The number of carbonyl (C=O) groups excluding carboxylic acids is 2. The number of amides is 2. The number of rotatable bonds is 8. The summed E-state index contributed by atoms with van der Waals surface area (Å²) >= 11 is 0. The Morgan fingerprint density at radius 2 is 1.92 bits per heavy atom. The van der Waals surface area contributed by atoms with Crippen LogP contribution in [-0.2, 0) is 14.4 Å². The van der Waals surface area contributed by atoms with Crippen LogP contribution < -0.4 is 22.1 Å². The minimum atomic E-state index is -0.976. The van der Waals surface area contributed by atoms with E-state index in [1.54, 1.807) is 0 Å². The molecule has 3 unspecified atom stereocenters. The number of guanidine groups is 1. The molecule has 9 heteroatoms. The van der Waals surface area contributed by atoms with Crippen LogP contribution in [0.4, 0.5) is 0 Å². The average molecular weight is 355 g/mol. The van der Waals surface area contributed by atoms with Crippen molar-refractivity contribution in [1.82, 2.24) is 10.6 Å². The molecule has 9 nitrogen and oxygen atoms in total. The molecule has 2 amide bonds. The van der Waals surface area contributed by atoms with Crippen molar-refractivity contribution in [3.63, 3.8) is 0 Å². The second-order valence-corrected chi connectivity index (χ2v) is 6.81. The number of carbonyl (C=O) groups is 3. The number of carboxylic acids is 1. The van der Waals surface area contributed by atoms with Crippen LogP contribution in [0.2, 0.25) is 0 Å². The highest BCUT2D eigenvalue weighted by molar-refractivity contribution is 5.86. The number of carboxylic acid groups (broad SMARTS) is 1. The van der Waals surface area contributed by atoms with Crippen LogP contribution in [0.15, 0.2) is 4.99 Å². The van der Waals surface area contributed by atoms with Gasteiger partial charge in [-0.05, 0) is 25.2 Å². The van der Waals surface area contributed by atoms with Gasteiger partial charge in [0.05, 0.1) is 19.0 Å². The molecule has 142 valence electrons. The summed E-state index contributed by atoms with van der Waals surface area (Å²) in [5.74, 6) is -1.81. The maximum absolute atomic E-state index is 12.2. The normalized spacial score (nSPS) is 21.2. The van der Waals surface area contributed by atoms with Crippen molar-refractivity contribution in [1.29, 1.82) is 0 Å². The molecular weight excluding hydrogens is 326 g/mol. The lowest BCUT2D eigenvalue weighted by Gasteiger charge is -2.26. The van der Waals surface area contributed by atoms with E-state index in [0.29, 0.717) is 6.42 Å². The first-order chi connectivity index (χ1) is 11.7. The molecule has 0 heterocycles. The number of hydrogen-bond donors (Lipinski definition) is 5. The largest absolute Gasteiger partial charge is 0.481 e. The topological polar surface area (TPSA) is 160 Å². The molecule has 1 saturated carbocycles. The molecule has 1 aliphatic rings. The number of aliphatic imine (C=N–C) groups is 1.